The van der Waals surface area contributed by atoms with E-state index in [1.165, 1.54) is 0 Å². The molecule has 0 radical (unpaired) electrons. The average molecular weight is 310 g/mol. The normalized spacial score (nSPS) is 10.6. The zero-order chi connectivity index (χ0) is 15.2. The lowest BCUT2D eigenvalue weighted by molar-refractivity contribution is 0.0689. The van der Waals surface area contributed by atoms with Crippen LogP contribution in [0.15, 0.2) is 24.3 Å². The number of aryl methyl sites for hydroxylation is 1. The molecule has 0 saturated heterocycles. The van der Waals surface area contributed by atoms with Crippen molar-refractivity contribution in [3.8, 4) is 5.75 Å². The van der Waals surface area contributed by atoms with Gasteiger partial charge >= 0.3 is 5.97 Å². The first-order chi connectivity index (χ1) is 10.1. The van der Waals surface area contributed by atoms with E-state index in [0.29, 0.717) is 36.7 Å². The second-order valence-corrected chi connectivity index (χ2v) is 4.86. The summed E-state index contributed by atoms with van der Waals surface area (Å²) in [6, 6.07) is 7.14. The first-order valence-corrected chi connectivity index (χ1v) is 7.03. The van der Waals surface area contributed by atoms with E-state index < -0.39 is 5.97 Å². The van der Waals surface area contributed by atoms with Crippen LogP contribution in [0.25, 0.3) is 0 Å². The van der Waals surface area contributed by atoms with Crippen LogP contribution in [-0.4, -0.2) is 32.7 Å². The summed E-state index contributed by atoms with van der Waals surface area (Å²) in [7, 11) is 0. The minimum absolute atomic E-state index is 0.0242. The molecule has 6 nitrogen and oxygen atoms in total. The van der Waals surface area contributed by atoms with Crippen LogP contribution in [0.4, 0.5) is 0 Å². The molecule has 0 saturated carbocycles. The first kappa shape index (κ1) is 15.3. The summed E-state index contributed by atoms with van der Waals surface area (Å²) < 4.78 is 7.19. The van der Waals surface area contributed by atoms with Crippen LogP contribution in [0.2, 0.25) is 5.02 Å². The smallest absolute Gasteiger partial charge is 0.358 e. The summed E-state index contributed by atoms with van der Waals surface area (Å²) in [6.07, 6.45) is 1.28. The molecule has 0 aliphatic rings. The number of nitrogens with zero attached hydrogens (tertiary/aromatic N) is 3. The Balaban J connectivity index is 1.86. The lowest BCUT2D eigenvalue weighted by Gasteiger charge is -2.07. The second kappa shape index (κ2) is 7.08. The Hall–Kier alpha value is -2.08. The van der Waals surface area contributed by atoms with Gasteiger partial charge < -0.3 is 9.84 Å². The van der Waals surface area contributed by atoms with E-state index in [1.807, 2.05) is 6.92 Å². The number of hydrogen-bond donors (Lipinski definition) is 1. The monoisotopic (exact) mass is 309 g/mol. The van der Waals surface area contributed by atoms with Gasteiger partial charge in [0.2, 0.25) is 0 Å². The SMILES string of the molecule is CCc1c(C(=O)O)nnn1CCCOc1ccc(Cl)cc1. The van der Waals surface area contributed by atoms with E-state index >= 15 is 0 Å². The minimum atomic E-state index is -1.05. The molecular weight excluding hydrogens is 294 g/mol. The Morgan fingerprint density at radius 3 is 2.71 bits per heavy atom. The molecular formula is C14H16ClN3O3. The molecule has 1 heterocycles. The number of ether oxygens (including phenoxy) is 1. The molecule has 0 spiro atoms. The highest BCUT2D eigenvalue weighted by Gasteiger charge is 2.16. The van der Waals surface area contributed by atoms with Crippen molar-refractivity contribution >= 4 is 17.6 Å². The van der Waals surface area contributed by atoms with Crippen molar-refractivity contribution in [1.82, 2.24) is 15.0 Å². The third-order valence-electron chi connectivity index (χ3n) is 2.97. The predicted octanol–water partition coefficient (Wildman–Crippen LogP) is 2.66. The van der Waals surface area contributed by atoms with Crippen LogP contribution in [0.3, 0.4) is 0 Å². The molecule has 0 fully saturated rings. The van der Waals surface area contributed by atoms with E-state index in [-0.39, 0.29) is 5.69 Å². The van der Waals surface area contributed by atoms with Crippen LogP contribution < -0.4 is 4.74 Å². The fourth-order valence-electron chi connectivity index (χ4n) is 1.96. The Morgan fingerprint density at radius 2 is 2.10 bits per heavy atom. The van der Waals surface area contributed by atoms with Gasteiger partial charge in [-0.25, -0.2) is 9.48 Å². The summed E-state index contributed by atoms with van der Waals surface area (Å²) in [5.41, 5.74) is 0.658. The second-order valence-electron chi connectivity index (χ2n) is 4.42. The molecule has 0 unspecified atom stereocenters. The van der Waals surface area contributed by atoms with E-state index in [4.69, 9.17) is 21.4 Å². The van der Waals surface area contributed by atoms with Crippen molar-refractivity contribution in [2.24, 2.45) is 0 Å². The molecule has 0 atom stereocenters. The third-order valence-corrected chi connectivity index (χ3v) is 3.22. The summed E-state index contributed by atoms with van der Waals surface area (Å²) >= 11 is 5.79. The van der Waals surface area contributed by atoms with Gasteiger partial charge in [-0.15, -0.1) is 5.10 Å². The van der Waals surface area contributed by atoms with Crippen molar-refractivity contribution in [3.63, 3.8) is 0 Å². The third kappa shape index (κ3) is 3.95. The van der Waals surface area contributed by atoms with Gasteiger partial charge in [0, 0.05) is 18.0 Å². The van der Waals surface area contributed by atoms with Gasteiger partial charge in [-0.1, -0.05) is 23.7 Å². The lowest BCUT2D eigenvalue weighted by atomic mass is 10.2. The molecule has 1 aromatic carbocycles. The Morgan fingerprint density at radius 1 is 1.38 bits per heavy atom. The van der Waals surface area contributed by atoms with Crippen molar-refractivity contribution in [3.05, 3.63) is 40.7 Å². The van der Waals surface area contributed by atoms with Crippen LogP contribution in [0.1, 0.15) is 29.5 Å². The van der Waals surface area contributed by atoms with Crippen LogP contribution in [0, 0.1) is 0 Å². The molecule has 1 aromatic heterocycles. The van der Waals surface area contributed by atoms with Crippen molar-refractivity contribution < 1.29 is 14.6 Å². The number of rotatable bonds is 7. The number of aromatic nitrogens is 3. The van der Waals surface area contributed by atoms with Crippen molar-refractivity contribution in [1.29, 1.82) is 0 Å². The van der Waals surface area contributed by atoms with Gasteiger partial charge in [0.1, 0.15) is 5.75 Å². The van der Waals surface area contributed by atoms with Crippen LogP contribution in [-0.2, 0) is 13.0 Å². The number of carboxylic acids is 1. The zero-order valence-corrected chi connectivity index (χ0v) is 12.4. The number of aromatic carboxylic acids is 1. The van der Waals surface area contributed by atoms with E-state index in [0.717, 1.165) is 5.75 Å². The summed E-state index contributed by atoms with van der Waals surface area (Å²) in [4.78, 5) is 11.0. The van der Waals surface area contributed by atoms with Crippen LogP contribution in [0.5, 0.6) is 5.75 Å². The fourth-order valence-corrected chi connectivity index (χ4v) is 2.09. The summed E-state index contributed by atoms with van der Waals surface area (Å²) in [6.45, 7) is 2.95. The van der Waals surface area contributed by atoms with Gasteiger partial charge in [-0.05, 0) is 30.7 Å². The minimum Gasteiger partial charge on any atom is -0.494 e. The molecule has 0 bridgehead atoms. The van der Waals surface area contributed by atoms with Gasteiger partial charge in [-0.3, -0.25) is 0 Å². The topological polar surface area (TPSA) is 77.2 Å². The molecule has 2 aromatic rings. The highest BCUT2D eigenvalue weighted by atomic mass is 35.5. The molecule has 0 aliphatic heterocycles. The van der Waals surface area contributed by atoms with Crippen molar-refractivity contribution in [2.45, 2.75) is 26.3 Å². The van der Waals surface area contributed by atoms with Gasteiger partial charge in [0.15, 0.2) is 5.69 Å². The highest BCUT2D eigenvalue weighted by molar-refractivity contribution is 6.30. The molecule has 1 N–H and O–H groups in total. The van der Waals surface area contributed by atoms with Gasteiger partial charge in [-0.2, -0.15) is 0 Å². The Kier molecular flexibility index (Phi) is 5.16. The number of carbonyl (C=O) groups is 1. The molecule has 0 aliphatic carbocycles. The molecule has 7 heteroatoms. The zero-order valence-electron chi connectivity index (χ0n) is 11.6. The van der Waals surface area contributed by atoms with E-state index in [1.54, 1.807) is 28.9 Å². The fraction of sp³-hybridized carbons (Fsp3) is 0.357. The number of benzene rings is 1. The number of halogens is 1. The van der Waals surface area contributed by atoms with Crippen LogP contribution >= 0.6 is 11.6 Å². The summed E-state index contributed by atoms with van der Waals surface area (Å²) in [5.74, 6) is -0.296. The average Bonchev–Trinajstić information content (AvgIpc) is 2.88. The molecule has 2 rings (SSSR count). The predicted molar refractivity (Wildman–Crippen MR) is 77.9 cm³/mol. The van der Waals surface area contributed by atoms with Crippen molar-refractivity contribution in [2.75, 3.05) is 6.61 Å². The van der Waals surface area contributed by atoms with Gasteiger partial charge in [0.05, 0.1) is 12.3 Å². The first-order valence-electron chi connectivity index (χ1n) is 6.65. The Bertz CT molecular complexity index is 610. The maximum atomic E-state index is 11.0. The molecule has 0 amide bonds. The molecule has 112 valence electrons. The standard InChI is InChI=1S/C14H16ClN3O3/c1-2-12-13(14(19)20)16-17-18(12)8-3-9-21-11-6-4-10(15)5-7-11/h4-7H,2-3,8-9H2,1H3,(H,19,20). The maximum Gasteiger partial charge on any atom is 0.358 e. The molecule has 21 heavy (non-hydrogen) atoms. The highest BCUT2D eigenvalue weighted by Crippen LogP contribution is 2.15. The Labute approximate surface area is 127 Å². The van der Waals surface area contributed by atoms with E-state index in [2.05, 4.69) is 10.3 Å². The number of carboxylic acid groups (broad SMARTS) is 1. The van der Waals surface area contributed by atoms with E-state index in [9.17, 15) is 4.79 Å². The number of hydrogen-bond acceptors (Lipinski definition) is 4. The summed E-state index contributed by atoms with van der Waals surface area (Å²) in [5, 5.41) is 17.2. The van der Waals surface area contributed by atoms with Gasteiger partial charge in [0.25, 0.3) is 0 Å². The lowest BCUT2D eigenvalue weighted by Crippen LogP contribution is -2.10. The quantitative estimate of drug-likeness (QED) is 0.796. The largest absolute Gasteiger partial charge is 0.494 e. The maximum absolute atomic E-state index is 11.0.